The van der Waals surface area contributed by atoms with Gasteiger partial charge in [-0.05, 0) is 25.7 Å². The molecule has 1 aromatic rings. The lowest BCUT2D eigenvalue weighted by Gasteiger charge is -2.11. The van der Waals surface area contributed by atoms with Crippen LogP contribution in [0.15, 0.2) is 6.20 Å². The van der Waals surface area contributed by atoms with E-state index in [9.17, 15) is 13.2 Å². The average Bonchev–Trinajstić information content (AvgIpc) is 3.23. The largest absolute Gasteiger partial charge is 0.383 e. The number of amides is 1. The second kappa shape index (κ2) is 6.43. The topological polar surface area (TPSA) is 115 Å². The van der Waals surface area contributed by atoms with E-state index in [0.717, 1.165) is 25.7 Å². The lowest BCUT2D eigenvalue weighted by atomic mass is 10.1. The Hall–Kier alpha value is -1.70. The van der Waals surface area contributed by atoms with E-state index in [1.54, 1.807) is 0 Å². The van der Waals surface area contributed by atoms with Gasteiger partial charge >= 0.3 is 0 Å². The summed E-state index contributed by atoms with van der Waals surface area (Å²) in [5.74, 6) is 0.728. The highest BCUT2D eigenvalue weighted by atomic mass is 32.2. The fourth-order valence-corrected chi connectivity index (χ4v) is 4.54. The number of hydrogen-bond acceptors (Lipinski definition) is 6. The lowest BCUT2D eigenvalue weighted by Crippen LogP contribution is -2.31. The fourth-order valence-electron chi connectivity index (χ4n) is 2.96. The molecule has 2 aliphatic carbocycles. The van der Waals surface area contributed by atoms with Crippen molar-refractivity contribution in [1.82, 2.24) is 15.3 Å². The number of sulfone groups is 1. The molecule has 7 nitrogen and oxygen atoms in total. The second-order valence-electron chi connectivity index (χ2n) is 6.33. The molecule has 2 saturated carbocycles. The summed E-state index contributed by atoms with van der Waals surface area (Å²) < 4.78 is 23.5. The third-order valence-electron chi connectivity index (χ3n) is 4.51. The molecule has 3 N–H and O–H groups in total. The first-order chi connectivity index (χ1) is 11.0. The van der Waals surface area contributed by atoms with Gasteiger partial charge in [-0.15, -0.1) is 0 Å². The van der Waals surface area contributed by atoms with E-state index in [-0.39, 0.29) is 28.9 Å². The van der Waals surface area contributed by atoms with Gasteiger partial charge in [0.1, 0.15) is 11.6 Å². The number of nitrogens with one attached hydrogen (secondary N) is 1. The molecule has 0 aromatic carbocycles. The van der Waals surface area contributed by atoms with Crippen LogP contribution in [0.2, 0.25) is 0 Å². The van der Waals surface area contributed by atoms with Crippen molar-refractivity contribution in [3.8, 4) is 0 Å². The molecule has 23 heavy (non-hydrogen) atoms. The van der Waals surface area contributed by atoms with Crippen molar-refractivity contribution in [2.75, 3.05) is 18.0 Å². The van der Waals surface area contributed by atoms with Crippen LogP contribution in [0.3, 0.4) is 0 Å². The summed E-state index contributed by atoms with van der Waals surface area (Å²) in [6.45, 7) is 0.0848. The molecule has 2 aliphatic rings. The zero-order valence-corrected chi connectivity index (χ0v) is 13.8. The van der Waals surface area contributed by atoms with E-state index in [0.29, 0.717) is 11.7 Å². The van der Waals surface area contributed by atoms with Crippen LogP contribution in [0.25, 0.3) is 0 Å². The first-order valence-electron chi connectivity index (χ1n) is 8.09. The summed E-state index contributed by atoms with van der Waals surface area (Å²) >= 11 is 0. The van der Waals surface area contributed by atoms with Crippen LogP contribution in [0.5, 0.6) is 0 Å². The molecule has 0 spiro atoms. The summed E-state index contributed by atoms with van der Waals surface area (Å²) in [4.78, 5) is 20.6. The van der Waals surface area contributed by atoms with E-state index in [1.165, 1.54) is 19.0 Å². The van der Waals surface area contributed by atoms with Crippen molar-refractivity contribution in [2.45, 2.75) is 49.7 Å². The number of carbonyl (C=O) groups is 1. The maximum Gasteiger partial charge on any atom is 0.256 e. The summed E-state index contributed by atoms with van der Waals surface area (Å²) in [6, 6.07) is 0. The van der Waals surface area contributed by atoms with Crippen LogP contribution >= 0.6 is 0 Å². The van der Waals surface area contributed by atoms with Gasteiger partial charge in [-0.25, -0.2) is 18.4 Å². The van der Waals surface area contributed by atoms with Gasteiger partial charge in [-0.3, -0.25) is 4.79 Å². The van der Waals surface area contributed by atoms with Crippen molar-refractivity contribution in [3.63, 3.8) is 0 Å². The summed E-state index contributed by atoms with van der Waals surface area (Å²) in [5, 5.41) is 2.38. The van der Waals surface area contributed by atoms with Crippen LogP contribution < -0.4 is 11.1 Å². The Kier molecular flexibility index (Phi) is 4.52. The number of anilines is 1. The highest BCUT2D eigenvalue weighted by Gasteiger charge is 2.35. The number of carbonyl (C=O) groups excluding carboxylic acids is 1. The first-order valence-corrected chi connectivity index (χ1v) is 9.81. The molecule has 1 heterocycles. The Balaban J connectivity index is 1.58. The molecule has 0 radical (unpaired) electrons. The molecule has 126 valence electrons. The quantitative estimate of drug-likeness (QED) is 0.800. The molecule has 0 bridgehead atoms. The van der Waals surface area contributed by atoms with Crippen LogP contribution in [-0.2, 0) is 9.84 Å². The average molecular weight is 338 g/mol. The minimum Gasteiger partial charge on any atom is -0.383 e. The third-order valence-corrected chi connectivity index (χ3v) is 6.77. The van der Waals surface area contributed by atoms with Gasteiger partial charge in [0.15, 0.2) is 9.84 Å². The summed E-state index contributed by atoms with van der Waals surface area (Å²) in [7, 11) is -3.07. The van der Waals surface area contributed by atoms with E-state index < -0.39 is 15.7 Å². The number of rotatable bonds is 6. The van der Waals surface area contributed by atoms with E-state index in [1.807, 2.05) is 0 Å². The Morgan fingerprint density at radius 1 is 1.26 bits per heavy atom. The maximum atomic E-state index is 12.1. The highest BCUT2D eigenvalue weighted by Crippen LogP contribution is 2.32. The van der Waals surface area contributed by atoms with Crippen LogP contribution in [0.4, 0.5) is 5.82 Å². The molecule has 3 rings (SSSR count). The summed E-state index contributed by atoms with van der Waals surface area (Å²) in [5.41, 5.74) is 6.08. The SMILES string of the molecule is Nc1nc(C2CCCC2)ncc1C(=O)NCCS(=O)(=O)C1CC1. The van der Waals surface area contributed by atoms with E-state index >= 15 is 0 Å². The molecule has 8 heteroatoms. The normalized spacial score (nSPS) is 19.0. The smallest absolute Gasteiger partial charge is 0.256 e. The van der Waals surface area contributed by atoms with Crippen LogP contribution in [0, 0.1) is 0 Å². The minimum absolute atomic E-state index is 0.0374. The molecule has 1 amide bonds. The molecular weight excluding hydrogens is 316 g/mol. The first kappa shape index (κ1) is 16.2. The van der Waals surface area contributed by atoms with E-state index in [2.05, 4.69) is 15.3 Å². The maximum absolute atomic E-state index is 12.1. The van der Waals surface area contributed by atoms with Gasteiger partial charge in [-0.1, -0.05) is 12.8 Å². The van der Waals surface area contributed by atoms with Crippen molar-refractivity contribution in [1.29, 1.82) is 0 Å². The monoisotopic (exact) mass is 338 g/mol. The summed E-state index contributed by atoms with van der Waals surface area (Å²) in [6.07, 6.45) is 7.38. The third kappa shape index (κ3) is 3.80. The molecule has 0 atom stereocenters. The van der Waals surface area contributed by atoms with Gasteiger partial charge in [-0.2, -0.15) is 0 Å². The van der Waals surface area contributed by atoms with Gasteiger partial charge in [0, 0.05) is 18.7 Å². The zero-order valence-electron chi connectivity index (χ0n) is 13.0. The van der Waals surface area contributed by atoms with Gasteiger partial charge in [0.05, 0.1) is 16.6 Å². The molecule has 1 aromatic heterocycles. The zero-order chi connectivity index (χ0) is 16.4. The standard InChI is InChI=1S/C15H22N4O3S/c16-13-12(9-18-14(19-13)10-3-1-2-4-10)15(20)17-7-8-23(21,22)11-5-6-11/h9-11H,1-8H2,(H,17,20)(H2,16,18,19). The minimum atomic E-state index is -3.07. The fraction of sp³-hybridized carbons (Fsp3) is 0.667. The number of nitrogens with two attached hydrogens (primary N) is 1. The predicted molar refractivity (Wildman–Crippen MR) is 86.8 cm³/mol. The van der Waals surface area contributed by atoms with Gasteiger partial charge in [0.25, 0.3) is 5.91 Å². The number of nitrogen functional groups attached to an aromatic ring is 1. The van der Waals surface area contributed by atoms with Crippen molar-refractivity contribution in [3.05, 3.63) is 17.6 Å². The van der Waals surface area contributed by atoms with Gasteiger partial charge in [0.2, 0.25) is 0 Å². The van der Waals surface area contributed by atoms with Crippen LogP contribution in [0.1, 0.15) is 60.6 Å². The Labute approximate surface area is 136 Å². The molecule has 0 aliphatic heterocycles. The van der Waals surface area contributed by atoms with Crippen molar-refractivity contribution < 1.29 is 13.2 Å². The van der Waals surface area contributed by atoms with Gasteiger partial charge < -0.3 is 11.1 Å². The Bertz CT molecular complexity index is 695. The second-order valence-corrected chi connectivity index (χ2v) is 8.73. The molecule has 0 saturated heterocycles. The Morgan fingerprint density at radius 3 is 2.57 bits per heavy atom. The molecule has 2 fully saturated rings. The molecular formula is C15H22N4O3S. The lowest BCUT2D eigenvalue weighted by molar-refractivity contribution is 0.0956. The van der Waals surface area contributed by atoms with E-state index in [4.69, 9.17) is 5.73 Å². The number of aromatic nitrogens is 2. The Morgan fingerprint density at radius 2 is 1.96 bits per heavy atom. The number of nitrogens with zero attached hydrogens (tertiary/aromatic N) is 2. The number of hydrogen-bond donors (Lipinski definition) is 2. The predicted octanol–water partition coefficient (Wildman–Crippen LogP) is 1.02. The van der Waals surface area contributed by atoms with Crippen LogP contribution in [-0.4, -0.2) is 41.8 Å². The van der Waals surface area contributed by atoms with Crippen molar-refractivity contribution >= 4 is 21.6 Å². The highest BCUT2D eigenvalue weighted by molar-refractivity contribution is 7.92. The molecule has 0 unspecified atom stereocenters. The van der Waals surface area contributed by atoms with Crippen molar-refractivity contribution in [2.24, 2.45) is 0 Å².